The predicted molar refractivity (Wildman–Crippen MR) is 64.7 cm³/mol. The number of benzene rings is 1. The largest absolute Gasteiger partial charge is 0.508 e. The molecule has 17 heavy (non-hydrogen) atoms. The van der Waals surface area contributed by atoms with Crippen LogP contribution in [0.2, 0.25) is 0 Å². The van der Waals surface area contributed by atoms with Gasteiger partial charge in [-0.25, -0.2) is 4.79 Å². The van der Waals surface area contributed by atoms with Crippen molar-refractivity contribution in [3.63, 3.8) is 0 Å². The Bertz CT molecular complexity index is 664. The quantitative estimate of drug-likeness (QED) is 0.629. The third kappa shape index (κ3) is 2.27. The van der Waals surface area contributed by atoms with Gasteiger partial charge < -0.3 is 10.2 Å². The number of hydrogen-bond acceptors (Lipinski definition) is 4. The number of aliphatic carboxylic acids is 1. The lowest BCUT2D eigenvalue weighted by molar-refractivity contribution is -0.132. The number of phenols is 1. The Kier molecular flexibility index (Phi) is 2.81. The second kappa shape index (κ2) is 4.28. The summed E-state index contributed by atoms with van der Waals surface area (Å²) in [6.45, 7) is 0. The summed E-state index contributed by atoms with van der Waals surface area (Å²) in [6.07, 6.45) is 1.32. The first kappa shape index (κ1) is 11.2. The minimum Gasteiger partial charge on any atom is -0.508 e. The van der Waals surface area contributed by atoms with E-state index in [4.69, 9.17) is 10.4 Å². The summed E-state index contributed by atoms with van der Waals surface area (Å²) < 4.78 is 0.846. The number of rotatable bonds is 2. The van der Waals surface area contributed by atoms with Crippen molar-refractivity contribution in [2.45, 2.75) is 0 Å². The Balaban J connectivity index is 2.51. The van der Waals surface area contributed by atoms with Gasteiger partial charge in [-0.1, -0.05) is 0 Å². The van der Waals surface area contributed by atoms with Crippen molar-refractivity contribution in [3.8, 4) is 11.8 Å². The van der Waals surface area contributed by atoms with Crippen LogP contribution >= 0.6 is 11.3 Å². The molecule has 0 saturated heterocycles. The molecular formula is C12H7NO3S. The van der Waals surface area contributed by atoms with E-state index in [1.54, 1.807) is 30.3 Å². The minimum absolute atomic E-state index is 0.161. The first-order chi connectivity index (χ1) is 8.10. The van der Waals surface area contributed by atoms with Crippen LogP contribution in [0.1, 0.15) is 4.88 Å². The van der Waals surface area contributed by atoms with E-state index in [1.165, 1.54) is 17.4 Å². The smallest absolute Gasteiger partial charge is 0.346 e. The normalized spacial score (nSPS) is 11.4. The van der Waals surface area contributed by atoms with Crippen molar-refractivity contribution in [1.82, 2.24) is 0 Å². The number of carbonyl (C=O) groups is 1. The SMILES string of the molecule is N#C/C(=C\c1cc2ccc(O)cc2s1)C(=O)O. The summed E-state index contributed by atoms with van der Waals surface area (Å²) >= 11 is 1.32. The number of carboxylic acids is 1. The fraction of sp³-hybridized carbons (Fsp3) is 0. The summed E-state index contributed by atoms with van der Waals surface area (Å²) in [6, 6.07) is 8.31. The zero-order valence-corrected chi connectivity index (χ0v) is 9.36. The van der Waals surface area contributed by atoms with Crippen LogP contribution in [0.3, 0.4) is 0 Å². The Morgan fingerprint density at radius 3 is 2.82 bits per heavy atom. The summed E-state index contributed by atoms with van der Waals surface area (Å²) in [7, 11) is 0. The maximum Gasteiger partial charge on any atom is 0.346 e. The van der Waals surface area contributed by atoms with Crippen LogP contribution in [0.5, 0.6) is 5.75 Å². The van der Waals surface area contributed by atoms with Crippen LogP contribution in [-0.4, -0.2) is 16.2 Å². The first-order valence-electron chi connectivity index (χ1n) is 4.68. The van der Waals surface area contributed by atoms with Crippen molar-refractivity contribution >= 4 is 33.5 Å². The Morgan fingerprint density at radius 1 is 1.41 bits per heavy atom. The van der Waals surface area contributed by atoms with Gasteiger partial charge in [-0.05, 0) is 35.7 Å². The van der Waals surface area contributed by atoms with E-state index in [-0.39, 0.29) is 11.3 Å². The average molecular weight is 245 g/mol. The molecule has 2 N–H and O–H groups in total. The van der Waals surface area contributed by atoms with E-state index < -0.39 is 5.97 Å². The van der Waals surface area contributed by atoms with Crippen molar-refractivity contribution in [3.05, 3.63) is 34.7 Å². The van der Waals surface area contributed by atoms with Gasteiger partial charge in [0.25, 0.3) is 0 Å². The lowest BCUT2D eigenvalue weighted by atomic mass is 10.2. The molecule has 0 aliphatic carbocycles. The van der Waals surface area contributed by atoms with Crippen molar-refractivity contribution < 1.29 is 15.0 Å². The molecule has 2 rings (SSSR count). The lowest BCUT2D eigenvalue weighted by Crippen LogP contribution is -1.96. The zero-order chi connectivity index (χ0) is 12.4. The van der Waals surface area contributed by atoms with E-state index in [0.29, 0.717) is 4.88 Å². The highest BCUT2D eigenvalue weighted by Crippen LogP contribution is 2.29. The Labute approximate surface area is 101 Å². The Hall–Kier alpha value is -2.32. The van der Waals surface area contributed by atoms with Gasteiger partial charge in [0.15, 0.2) is 0 Å². The standard InChI is InChI=1S/C12H7NO3S/c13-6-8(12(15)16)4-10-3-7-1-2-9(14)5-11(7)17-10/h1-5,14H,(H,15,16)/b8-4+. The third-order valence-corrected chi connectivity index (χ3v) is 3.21. The van der Waals surface area contributed by atoms with E-state index in [9.17, 15) is 9.90 Å². The van der Waals surface area contributed by atoms with Gasteiger partial charge in [0.2, 0.25) is 0 Å². The van der Waals surface area contributed by atoms with Crippen LogP contribution in [0.15, 0.2) is 29.8 Å². The second-order valence-electron chi connectivity index (χ2n) is 3.35. The Morgan fingerprint density at radius 2 is 2.18 bits per heavy atom. The molecule has 1 aromatic heterocycles. The number of hydrogen-bond donors (Lipinski definition) is 2. The average Bonchev–Trinajstić information content (AvgIpc) is 2.66. The maximum atomic E-state index is 10.7. The highest BCUT2D eigenvalue weighted by molar-refractivity contribution is 7.19. The molecule has 5 heteroatoms. The fourth-order valence-corrected chi connectivity index (χ4v) is 2.44. The summed E-state index contributed by atoms with van der Waals surface area (Å²) in [5.41, 5.74) is -0.305. The fourth-order valence-electron chi connectivity index (χ4n) is 1.40. The molecule has 0 bridgehead atoms. The first-order valence-corrected chi connectivity index (χ1v) is 5.49. The summed E-state index contributed by atoms with van der Waals surface area (Å²) in [5.74, 6) is -1.08. The minimum atomic E-state index is -1.24. The lowest BCUT2D eigenvalue weighted by Gasteiger charge is -1.89. The molecule has 0 amide bonds. The topological polar surface area (TPSA) is 81.3 Å². The van der Waals surface area contributed by atoms with Gasteiger partial charge in [-0.15, -0.1) is 11.3 Å². The van der Waals surface area contributed by atoms with Crippen LogP contribution in [0, 0.1) is 11.3 Å². The zero-order valence-electron chi connectivity index (χ0n) is 8.54. The molecule has 0 aliphatic rings. The molecule has 0 radical (unpaired) electrons. The van der Waals surface area contributed by atoms with Crippen LogP contribution in [0.4, 0.5) is 0 Å². The van der Waals surface area contributed by atoms with Crippen LogP contribution < -0.4 is 0 Å². The monoisotopic (exact) mass is 245 g/mol. The summed E-state index contributed by atoms with van der Waals surface area (Å²) in [4.78, 5) is 11.3. The van der Waals surface area contributed by atoms with Gasteiger partial charge in [0.1, 0.15) is 17.4 Å². The van der Waals surface area contributed by atoms with E-state index >= 15 is 0 Å². The van der Waals surface area contributed by atoms with Gasteiger partial charge in [-0.2, -0.15) is 5.26 Å². The molecule has 4 nitrogen and oxygen atoms in total. The molecule has 0 saturated carbocycles. The van der Waals surface area contributed by atoms with Gasteiger partial charge >= 0.3 is 5.97 Å². The molecule has 2 aromatic rings. The van der Waals surface area contributed by atoms with Gasteiger partial charge in [-0.3, -0.25) is 0 Å². The third-order valence-electron chi connectivity index (χ3n) is 2.16. The predicted octanol–water partition coefficient (Wildman–Crippen LogP) is 2.60. The van der Waals surface area contributed by atoms with Crippen LogP contribution in [0.25, 0.3) is 16.2 Å². The molecule has 84 valence electrons. The van der Waals surface area contributed by atoms with Gasteiger partial charge in [0, 0.05) is 9.58 Å². The molecule has 0 fully saturated rings. The molecule has 1 aromatic carbocycles. The van der Waals surface area contributed by atoms with Gasteiger partial charge in [0.05, 0.1) is 0 Å². The maximum absolute atomic E-state index is 10.7. The molecule has 1 heterocycles. The number of thiophene rings is 1. The molecule has 0 spiro atoms. The highest BCUT2D eigenvalue weighted by atomic mass is 32.1. The number of nitrogens with zero attached hydrogens (tertiary/aromatic N) is 1. The number of phenolic OH excluding ortho intramolecular Hbond substituents is 1. The highest BCUT2D eigenvalue weighted by Gasteiger charge is 2.07. The van der Waals surface area contributed by atoms with E-state index in [0.717, 1.165) is 10.1 Å². The second-order valence-corrected chi connectivity index (χ2v) is 4.46. The number of carboxylic acid groups (broad SMARTS) is 1. The summed E-state index contributed by atoms with van der Waals surface area (Å²) in [5, 5.41) is 27.6. The molecular weight excluding hydrogens is 238 g/mol. The van der Waals surface area contributed by atoms with Crippen LogP contribution in [-0.2, 0) is 4.79 Å². The van der Waals surface area contributed by atoms with E-state index in [2.05, 4.69) is 0 Å². The number of fused-ring (bicyclic) bond motifs is 1. The van der Waals surface area contributed by atoms with Crippen molar-refractivity contribution in [2.75, 3.05) is 0 Å². The molecule has 0 unspecified atom stereocenters. The van der Waals surface area contributed by atoms with Crippen molar-refractivity contribution in [2.24, 2.45) is 0 Å². The van der Waals surface area contributed by atoms with E-state index in [1.807, 2.05) is 0 Å². The molecule has 0 aliphatic heterocycles. The molecule has 0 atom stereocenters. The number of aromatic hydroxyl groups is 1. The number of nitriles is 1. The van der Waals surface area contributed by atoms with Crippen molar-refractivity contribution in [1.29, 1.82) is 5.26 Å².